The first-order valence-corrected chi connectivity index (χ1v) is 11.9. The Labute approximate surface area is 222 Å². The molecule has 0 unspecified atom stereocenters. The molecule has 0 amide bonds. The van der Waals surface area contributed by atoms with Crippen molar-refractivity contribution in [2.24, 2.45) is 4.99 Å². The zero-order valence-electron chi connectivity index (χ0n) is 21.0. The number of hydrogen-bond acceptors (Lipinski definition) is 7. The van der Waals surface area contributed by atoms with Crippen molar-refractivity contribution in [1.82, 2.24) is 19.7 Å². The highest BCUT2D eigenvalue weighted by Gasteiger charge is 2.36. The number of fused-ring (bicyclic) bond motifs is 1. The van der Waals surface area contributed by atoms with Gasteiger partial charge in [0.25, 0.3) is 6.02 Å². The molecule has 0 saturated carbocycles. The normalized spacial score (nSPS) is 17.7. The van der Waals surface area contributed by atoms with Crippen LogP contribution in [0.3, 0.4) is 0 Å². The Morgan fingerprint density at radius 2 is 1.95 bits per heavy atom. The smallest absolute Gasteiger partial charge is 0.435 e. The second kappa shape index (κ2) is 10.0. The van der Waals surface area contributed by atoms with Gasteiger partial charge in [-0.3, -0.25) is 4.68 Å². The Balaban J connectivity index is 1.49. The molecule has 0 saturated heterocycles. The number of amidine groups is 1. The summed E-state index contributed by atoms with van der Waals surface area (Å²) in [5.74, 6) is -3.10. The van der Waals surface area contributed by atoms with Crippen LogP contribution in [-0.4, -0.2) is 56.3 Å². The number of hydrogen-bond donors (Lipinski definition) is 3. The minimum Gasteiger partial charge on any atom is -0.461 e. The number of alkyl halides is 4. The van der Waals surface area contributed by atoms with Gasteiger partial charge in [0.15, 0.2) is 28.7 Å². The van der Waals surface area contributed by atoms with Crippen molar-refractivity contribution >= 4 is 22.7 Å². The van der Waals surface area contributed by atoms with Crippen LogP contribution in [0.1, 0.15) is 25.6 Å². The average Bonchev–Trinajstić information content (AvgIpc) is 3.53. The summed E-state index contributed by atoms with van der Waals surface area (Å²) >= 11 is 0. The van der Waals surface area contributed by atoms with Crippen LogP contribution in [0.25, 0.3) is 22.3 Å². The van der Waals surface area contributed by atoms with Crippen molar-refractivity contribution in [2.45, 2.75) is 31.7 Å². The zero-order valence-corrected chi connectivity index (χ0v) is 21.0. The summed E-state index contributed by atoms with van der Waals surface area (Å²) in [5.41, 5.74) is -2.73. The highest BCUT2D eigenvalue weighted by atomic mass is 19.4. The SMILES string of the molecule is CC(C)n1nc(C(F)(F)F)cc1-c1c[nH]c2nccc(Oc3c(F)cc(NC4=NC[C@@](F)(CO)CO4)cc3F)c12. The van der Waals surface area contributed by atoms with Crippen LogP contribution in [0.2, 0.25) is 0 Å². The number of aromatic amines is 1. The minimum absolute atomic E-state index is 0.0758. The molecule has 1 aliphatic heterocycles. The van der Waals surface area contributed by atoms with E-state index in [0.29, 0.717) is 0 Å². The van der Waals surface area contributed by atoms with Gasteiger partial charge in [-0.15, -0.1) is 0 Å². The number of pyridine rings is 1. The van der Waals surface area contributed by atoms with Crippen LogP contribution in [0.4, 0.5) is 32.0 Å². The van der Waals surface area contributed by atoms with Gasteiger partial charge < -0.3 is 24.9 Å². The molecule has 15 heteroatoms. The number of aliphatic imine (C=N–C) groups is 1. The summed E-state index contributed by atoms with van der Waals surface area (Å²) < 4.78 is 96.3. The average molecular weight is 568 g/mol. The van der Waals surface area contributed by atoms with Crippen LogP contribution in [0.5, 0.6) is 11.5 Å². The van der Waals surface area contributed by atoms with E-state index in [4.69, 9.17) is 14.6 Å². The van der Waals surface area contributed by atoms with Crippen molar-refractivity contribution in [2.75, 3.05) is 25.1 Å². The van der Waals surface area contributed by atoms with Gasteiger partial charge in [-0.1, -0.05) is 0 Å². The molecule has 3 N–H and O–H groups in total. The lowest BCUT2D eigenvalue weighted by molar-refractivity contribution is -0.141. The maximum absolute atomic E-state index is 15.0. The minimum atomic E-state index is -4.69. The number of nitrogens with one attached hydrogen (secondary N) is 2. The van der Waals surface area contributed by atoms with Crippen LogP contribution in [0, 0.1) is 11.6 Å². The maximum atomic E-state index is 15.0. The molecule has 0 fully saturated rings. The van der Waals surface area contributed by atoms with Crippen molar-refractivity contribution in [3.05, 3.63) is 54.0 Å². The molecule has 0 bridgehead atoms. The van der Waals surface area contributed by atoms with E-state index in [1.54, 1.807) is 13.8 Å². The van der Waals surface area contributed by atoms with Crippen molar-refractivity contribution in [3.63, 3.8) is 0 Å². The van der Waals surface area contributed by atoms with Gasteiger partial charge in [-0.05, 0) is 26.0 Å². The van der Waals surface area contributed by atoms with Crippen molar-refractivity contribution < 1.29 is 40.9 Å². The molecule has 1 aliphatic rings. The van der Waals surface area contributed by atoms with E-state index in [2.05, 4.69) is 25.4 Å². The molecule has 5 rings (SSSR count). The standard InChI is InChI=1S/C25H22F6N6O3/c1-12(2)37-17(7-19(36-37)25(29,30)31)14-8-33-22-20(14)18(3-4-32-22)40-21-15(26)5-13(6-16(21)27)35-23-34-9-24(28,10-38)11-39-23/h3-8,12,38H,9-11H2,1-2H3,(H,32,33)(H,34,35)/t24-/m1/s1. The summed E-state index contributed by atoms with van der Waals surface area (Å²) in [6.07, 6.45) is -1.98. The zero-order chi connectivity index (χ0) is 28.8. The lowest BCUT2D eigenvalue weighted by Crippen LogP contribution is -2.43. The van der Waals surface area contributed by atoms with Gasteiger partial charge >= 0.3 is 6.18 Å². The third-order valence-corrected chi connectivity index (χ3v) is 6.05. The Morgan fingerprint density at radius 1 is 1.23 bits per heavy atom. The third kappa shape index (κ3) is 5.15. The molecule has 40 heavy (non-hydrogen) atoms. The highest BCUT2D eigenvalue weighted by molar-refractivity contribution is 5.97. The second-order valence-electron chi connectivity index (χ2n) is 9.40. The summed E-state index contributed by atoms with van der Waals surface area (Å²) in [5, 5.41) is 15.4. The molecule has 3 aromatic heterocycles. The second-order valence-corrected chi connectivity index (χ2v) is 9.40. The molecule has 9 nitrogen and oxygen atoms in total. The number of halogens is 6. The molecule has 0 radical (unpaired) electrons. The summed E-state index contributed by atoms with van der Waals surface area (Å²) in [6, 6.07) is 3.35. The Morgan fingerprint density at radius 3 is 2.55 bits per heavy atom. The van der Waals surface area contributed by atoms with Gasteiger partial charge in [0, 0.05) is 41.8 Å². The number of nitrogens with zero attached hydrogens (tertiary/aromatic N) is 4. The number of benzene rings is 1. The van der Waals surface area contributed by atoms with Crippen molar-refractivity contribution in [3.8, 4) is 22.8 Å². The van der Waals surface area contributed by atoms with Gasteiger partial charge in [0.1, 0.15) is 18.0 Å². The molecule has 4 aromatic rings. The molecule has 1 atom stereocenters. The molecule has 4 heterocycles. The van der Waals surface area contributed by atoms with Gasteiger partial charge in [0.05, 0.1) is 24.2 Å². The third-order valence-electron chi connectivity index (χ3n) is 6.05. The highest BCUT2D eigenvalue weighted by Crippen LogP contribution is 2.41. The first kappa shape index (κ1) is 27.3. The molecular formula is C25H22F6N6O3. The topological polar surface area (TPSA) is 110 Å². The summed E-state index contributed by atoms with van der Waals surface area (Å²) in [7, 11) is 0. The Bertz CT molecular complexity index is 1570. The largest absolute Gasteiger partial charge is 0.461 e. The van der Waals surface area contributed by atoms with E-state index in [0.717, 1.165) is 18.2 Å². The maximum Gasteiger partial charge on any atom is 0.435 e. The predicted octanol–water partition coefficient (Wildman–Crippen LogP) is 5.60. The predicted molar refractivity (Wildman–Crippen MR) is 132 cm³/mol. The fourth-order valence-corrected chi connectivity index (χ4v) is 4.08. The van der Waals surface area contributed by atoms with E-state index in [-0.39, 0.29) is 39.7 Å². The van der Waals surface area contributed by atoms with Crippen LogP contribution < -0.4 is 10.1 Å². The first-order chi connectivity index (χ1) is 18.9. The lowest BCUT2D eigenvalue weighted by atomic mass is 10.1. The Kier molecular flexibility index (Phi) is 6.85. The van der Waals surface area contributed by atoms with E-state index in [1.807, 2.05) is 0 Å². The molecule has 0 spiro atoms. The van der Waals surface area contributed by atoms with Gasteiger partial charge in [0.2, 0.25) is 0 Å². The van der Waals surface area contributed by atoms with Crippen LogP contribution >= 0.6 is 0 Å². The number of H-pyrrole nitrogens is 1. The number of aliphatic hydroxyl groups is 1. The van der Waals surface area contributed by atoms with Gasteiger partial charge in [-0.2, -0.15) is 18.3 Å². The van der Waals surface area contributed by atoms with E-state index >= 15 is 8.78 Å². The Hall–Kier alpha value is -4.27. The van der Waals surface area contributed by atoms with Crippen LogP contribution in [0.15, 0.2) is 41.7 Å². The number of rotatable bonds is 6. The number of aromatic nitrogens is 4. The quantitative estimate of drug-likeness (QED) is 0.262. The van der Waals surface area contributed by atoms with Crippen molar-refractivity contribution in [1.29, 1.82) is 0 Å². The number of anilines is 1. The number of ether oxygens (including phenoxy) is 2. The van der Waals surface area contributed by atoms with Crippen LogP contribution in [-0.2, 0) is 10.9 Å². The summed E-state index contributed by atoms with van der Waals surface area (Å²) in [6.45, 7) is 1.61. The number of aliphatic hydroxyl groups excluding tert-OH is 1. The summed E-state index contributed by atoms with van der Waals surface area (Å²) in [4.78, 5) is 10.8. The van der Waals surface area contributed by atoms with Gasteiger partial charge in [-0.25, -0.2) is 23.1 Å². The monoisotopic (exact) mass is 568 g/mol. The van der Waals surface area contributed by atoms with E-state index in [9.17, 15) is 17.6 Å². The van der Waals surface area contributed by atoms with E-state index in [1.165, 1.54) is 23.1 Å². The first-order valence-electron chi connectivity index (χ1n) is 11.9. The fraction of sp³-hybridized carbons (Fsp3) is 0.320. The molecular weight excluding hydrogens is 546 g/mol. The van der Waals surface area contributed by atoms with E-state index < -0.39 is 60.7 Å². The molecule has 1 aromatic carbocycles. The molecule has 0 aliphatic carbocycles. The molecule has 212 valence electrons. The lowest BCUT2D eigenvalue weighted by Gasteiger charge is -2.26. The fourth-order valence-electron chi connectivity index (χ4n) is 4.08.